The zero-order chi connectivity index (χ0) is 15.4. The van der Waals surface area contributed by atoms with Gasteiger partial charge in [0.2, 0.25) is 0 Å². The highest BCUT2D eigenvalue weighted by Crippen LogP contribution is 2.42. The number of aromatic amines is 1. The Morgan fingerprint density at radius 3 is 2.95 bits per heavy atom. The van der Waals surface area contributed by atoms with Gasteiger partial charge in [0.1, 0.15) is 9.88 Å². The van der Waals surface area contributed by atoms with Gasteiger partial charge in [-0.05, 0) is 20.1 Å². The lowest BCUT2D eigenvalue weighted by molar-refractivity contribution is 0.0960. The van der Waals surface area contributed by atoms with Crippen LogP contribution < -0.4 is 16.4 Å². The zero-order valence-corrected chi connectivity index (χ0v) is 13.8. The first-order valence-electron chi connectivity index (χ1n) is 6.58. The van der Waals surface area contributed by atoms with Gasteiger partial charge in [-0.25, -0.2) is 0 Å². The van der Waals surface area contributed by atoms with Gasteiger partial charge < -0.3 is 16.4 Å². The number of carbonyl (C=O) groups excluding carboxylic acids is 1. The molecule has 0 aliphatic heterocycles. The molecule has 114 valence electrons. The number of nitrogens with zero attached hydrogens (tertiary/aromatic N) is 1. The number of hydrogen-bond acceptors (Lipinski definition) is 6. The summed E-state index contributed by atoms with van der Waals surface area (Å²) in [4.78, 5) is 13.5. The van der Waals surface area contributed by atoms with Crippen molar-refractivity contribution in [1.29, 1.82) is 0 Å². The minimum atomic E-state index is -0.126. The van der Waals surface area contributed by atoms with Crippen LogP contribution in [0.5, 0.6) is 0 Å². The molecule has 0 aliphatic rings. The average Bonchev–Trinajstić information content (AvgIpc) is 3.07. The van der Waals surface area contributed by atoms with Crippen LogP contribution in [0.1, 0.15) is 35.1 Å². The second kappa shape index (κ2) is 6.86. The Labute approximate surface area is 131 Å². The summed E-state index contributed by atoms with van der Waals surface area (Å²) in [5.41, 5.74) is 7.70. The van der Waals surface area contributed by atoms with Gasteiger partial charge in [-0.3, -0.25) is 9.89 Å². The van der Waals surface area contributed by atoms with E-state index in [1.54, 1.807) is 6.20 Å². The van der Waals surface area contributed by atoms with Crippen molar-refractivity contribution >= 4 is 39.7 Å². The normalized spacial score (nSPS) is 12.1. The molecule has 2 heterocycles. The van der Waals surface area contributed by atoms with Crippen LogP contribution in [0.15, 0.2) is 17.3 Å². The van der Waals surface area contributed by atoms with Gasteiger partial charge in [0, 0.05) is 18.3 Å². The Kier molecular flexibility index (Phi) is 5.13. The first-order valence-corrected chi connectivity index (χ1v) is 8.62. The van der Waals surface area contributed by atoms with Gasteiger partial charge in [-0.1, -0.05) is 0 Å². The maximum absolute atomic E-state index is 12.0. The van der Waals surface area contributed by atoms with E-state index in [-0.39, 0.29) is 11.9 Å². The molecule has 6 nitrogen and oxygen atoms in total. The number of nitrogens with one attached hydrogen (secondary N) is 3. The average molecular weight is 325 g/mol. The van der Waals surface area contributed by atoms with Crippen molar-refractivity contribution in [2.45, 2.75) is 24.8 Å². The van der Waals surface area contributed by atoms with Crippen LogP contribution in [-0.4, -0.2) is 28.9 Å². The summed E-state index contributed by atoms with van der Waals surface area (Å²) in [6.45, 7) is 4.51. The van der Waals surface area contributed by atoms with Crippen LogP contribution >= 0.6 is 23.1 Å². The lowest BCUT2D eigenvalue weighted by atomic mass is 10.2. The molecule has 5 N–H and O–H groups in total. The molecular formula is C13H19N5OS2. The first kappa shape index (κ1) is 15.7. The van der Waals surface area contributed by atoms with E-state index in [1.165, 1.54) is 23.1 Å². The van der Waals surface area contributed by atoms with E-state index < -0.39 is 0 Å². The van der Waals surface area contributed by atoms with E-state index in [2.05, 4.69) is 20.8 Å². The molecule has 1 unspecified atom stereocenters. The third-order valence-electron chi connectivity index (χ3n) is 3.01. The number of carbonyl (C=O) groups is 1. The number of nitrogens with two attached hydrogens (primary N) is 1. The van der Waals surface area contributed by atoms with E-state index in [1.807, 2.05) is 26.3 Å². The second-order valence-electron chi connectivity index (χ2n) is 4.46. The molecule has 0 saturated carbocycles. The predicted octanol–water partition coefficient (Wildman–Crippen LogP) is 2.70. The standard InChI is InChI=1S/C13H19N5OS2/c1-4-15-12(19)10-9(14)11(20-3)13(21-10)18-7(2)8-5-16-17-6-8/h5-7,18H,4,14H2,1-3H3,(H,15,19)(H,16,17). The van der Waals surface area contributed by atoms with Gasteiger partial charge in [-0.15, -0.1) is 23.1 Å². The van der Waals surface area contributed by atoms with Crippen molar-refractivity contribution in [3.8, 4) is 0 Å². The van der Waals surface area contributed by atoms with Crippen molar-refractivity contribution in [3.63, 3.8) is 0 Å². The maximum Gasteiger partial charge on any atom is 0.263 e. The van der Waals surface area contributed by atoms with Crippen LogP contribution in [0.2, 0.25) is 0 Å². The smallest absolute Gasteiger partial charge is 0.263 e. The highest BCUT2D eigenvalue weighted by molar-refractivity contribution is 7.99. The lowest BCUT2D eigenvalue weighted by Crippen LogP contribution is -2.22. The quantitative estimate of drug-likeness (QED) is 0.612. The molecule has 2 aromatic heterocycles. The molecule has 21 heavy (non-hydrogen) atoms. The van der Waals surface area contributed by atoms with Crippen LogP contribution in [0.25, 0.3) is 0 Å². The molecule has 2 aromatic rings. The van der Waals surface area contributed by atoms with Crippen LogP contribution in [0.3, 0.4) is 0 Å². The molecule has 2 rings (SSSR count). The zero-order valence-electron chi connectivity index (χ0n) is 12.2. The predicted molar refractivity (Wildman–Crippen MR) is 89.1 cm³/mol. The molecule has 0 saturated heterocycles. The monoisotopic (exact) mass is 325 g/mol. The molecular weight excluding hydrogens is 306 g/mol. The number of anilines is 2. The second-order valence-corrected chi connectivity index (χ2v) is 6.30. The minimum Gasteiger partial charge on any atom is -0.396 e. The molecule has 8 heteroatoms. The summed E-state index contributed by atoms with van der Waals surface area (Å²) in [6, 6.07) is 0.0785. The van der Waals surface area contributed by atoms with Crippen LogP contribution in [-0.2, 0) is 0 Å². The van der Waals surface area contributed by atoms with Gasteiger partial charge in [0.05, 0.1) is 22.8 Å². The number of thiophene rings is 1. The van der Waals surface area contributed by atoms with Gasteiger partial charge in [0.25, 0.3) is 5.91 Å². The van der Waals surface area contributed by atoms with E-state index >= 15 is 0 Å². The Balaban J connectivity index is 2.26. The molecule has 0 bridgehead atoms. The summed E-state index contributed by atoms with van der Waals surface area (Å²) in [5.74, 6) is -0.126. The number of thioether (sulfide) groups is 1. The Morgan fingerprint density at radius 1 is 1.62 bits per heavy atom. The molecule has 0 fully saturated rings. The number of amides is 1. The molecule has 0 aliphatic carbocycles. The molecule has 0 aromatic carbocycles. The van der Waals surface area contributed by atoms with Gasteiger partial charge in [-0.2, -0.15) is 5.10 Å². The van der Waals surface area contributed by atoms with Crippen molar-refractivity contribution in [2.75, 3.05) is 23.9 Å². The number of rotatable bonds is 6. The highest BCUT2D eigenvalue weighted by atomic mass is 32.2. The number of hydrogen-bond donors (Lipinski definition) is 4. The molecule has 0 spiro atoms. The van der Waals surface area contributed by atoms with Crippen LogP contribution in [0, 0.1) is 0 Å². The van der Waals surface area contributed by atoms with Crippen molar-refractivity contribution < 1.29 is 4.79 Å². The van der Waals surface area contributed by atoms with Crippen molar-refractivity contribution in [1.82, 2.24) is 15.5 Å². The van der Waals surface area contributed by atoms with Crippen LogP contribution in [0.4, 0.5) is 10.7 Å². The van der Waals surface area contributed by atoms with E-state index in [0.717, 1.165) is 15.5 Å². The minimum absolute atomic E-state index is 0.0785. The Hall–Kier alpha value is -1.67. The van der Waals surface area contributed by atoms with E-state index in [4.69, 9.17) is 5.73 Å². The van der Waals surface area contributed by atoms with Gasteiger partial charge in [0.15, 0.2) is 0 Å². The largest absolute Gasteiger partial charge is 0.396 e. The fourth-order valence-electron chi connectivity index (χ4n) is 1.91. The third kappa shape index (κ3) is 3.33. The Morgan fingerprint density at radius 2 is 2.38 bits per heavy atom. The summed E-state index contributed by atoms with van der Waals surface area (Å²) in [6.07, 6.45) is 5.57. The van der Waals surface area contributed by atoms with E-state index in [9.17, 15) is 4.79 Å². The summed E-state index contributed by atoms with van der Waals surface area (Å²) < 4.78 is 0. The fourth-order valence-corrected chi connectivity index (χ4v) is 3.94. The van der Waals surface area contributed by atoms with Gasteiger partial charge >= 0.3 is 0 Å². The fraction of sp³-hybridized carbons (Fsp3) is 0.385. The number of aromatic nitrogens is 2. The summed E-state index contributed by atoms with van der Waals surface area (Å²) in [7, 11) is 0. The summed E-state index contributed by atoms with van der Waals surface area (Å²) in [5, 5.41) is 13.8. The van der Waals surface area contributed by atoms with Crippen molar-refractivity contribution in [2.24, 2.45) is 0 Å². The molecule has 1 amide bonds. The Bertz CT molecular complexity index is 608. The number of H-pyrrole nitrogens is 1. The highest BCUT2D eigenvalue weighted by Gasteiger charge is 2.21. The SMILES string of the molecule is CCNC(=O)c1sc(NC(C)c2cn[nH]c2)c(SC)c1N. The molecule has 1 atom stereocenters. The topological polar surface area (TPSA) is 95.8 Å². The number of nitrogen functional groups attached to an aromatic ring is 1. The summed E-state index contributed by atoms with van der Waals surface area (Å²) >= 11 is 2.92. The van der Waals surface area contributed by atoms with E-state index in [0.29, 0.717) is 17.1 Å². The first-order chi connectivity index (χ1) is 10.1. The maximum atomic E-state index is 12.0. The van der Waals surface area contributed by atoms with Crippen molar-refractivity contribution in [3.05, 3.63) is 22.8 Å². The molecule has 0 radical (unpaired) electrons. The lowest BCUT2D eigenvalue weighted by Gasteiger charge is -2.13. The third-order valence-corrected chi connectivity index (χ3v) is 5.11.